The van der Waals surface area contributed by atoms with Crippen molar-refractivity contribution in [2.24, 2.45) is 0 Å². The molecule has 1 rings (SSSR count). The lowest BCUT2D eigenvalue weighted by molar-refractivity contribution is -0.141. The number of carbonyl (C=O) groups excluding carboxylic acids is 1. The third-order valence-electron chi connectivity index (χ3n) is 1.72. The highest BCUT2D eigenvalue weighted by molar-refractivity contribution is 9.10. The summed E-state index contributed by atoms with van der Waals surface area (Å²) >= 11 is 9.15. The van der Waals surface area contributed by atoms with E-state index < -0.39 is 6.04 Å². The third kappa shape index (κ3) is 3.35. The standard InChI is InChI=1S/C9H10BrClN2O2/c1-5(9(14)15-2)13-8-7(11)3-6(10)4-12-8/h3-5H,1-2H3,(H,12,13). The van der Waals surface area contributed by atoms with Crippen molar-refractivity contribution < 1.29 is 9.53 Å². The molecule has 0 aliphatic carbocycles. The second-order valence-electron chi connectivity index (χ2n) is 2.87. The summed E-state index contributed by atoms with van der Waals surface area (Å²) in [4.78, 5) is 15.2. The van der Waals surface area contributed by atoms with Crippen molar-refractivity contribution in [2.45, 2.75) is 13.0 Å². The highest BCUT2D eigenvalue weighted by atomic mass is 79.9. The fourth-order valence-corrected chi connectivity index (χ4v) is 1.65. The Labute approximate surface area is 101 Å². The smallest absolute Gasteiger partial charge is 0.328 e. The predicted octanol–water partition coefficient (Wildman–Crippen LogP) is 2.47. The molecule has 0 aromatic carbocycles. The van der Waals surface area contributed by atoms with E-state index in [0.29, 0.717) is 10.8 Å². The molecule has 1 aromatic rings. The Morgan fingerprint density at radius 2 is 2.40 bits per heavy atom. The van der Waals surface area contributed by atoms with Gasteiger partial charge in [-0.1, -0.05) is 11.6 Å². The van der Waals surface area contributed by atoms with Gasteiger partial charge in [-0.3, -0.25) is 0 Å². The topological polar surface area (TPSA) is 51.2 Å². The van der Waals surface area contributed by atoms with Crippen LogP contribution in [0.3, 0.4) is 0 Å². The molecule has 0 spiro atoms. The first kappa shape index (κ1) is 12.3. The summed E-state index contributed by atoms with van der Waals surface area (Å²) in [7, 11) is 1.33. The first-order valence-electron chi connectivity index (χ1n) is 4.20. The Kier molecular flexibility index (Phi) is 4.35. The van der Waals surface area contributed by atoms with Gasteiger partial charge in [-0.2, -0.15) is 0 Å². The highest BCUT2D eigenvalue weighted by Gasteiger charge is 2.14. The van der Waals surface area contributed by atoms with E-state index in [2.05, 4.69) is 31.0 Å². The van der Waals surface area contributed by atoms with Gasteiger partial charge in [0.15, 0.2) is 0 Å². The van der Waals surface area contributed by atoms with Crippen LogP contribution < -0.4 is 5.32 Å². The number of aromatic nitrogens is 1. The lowest BCUT2D eigenvalue weighted by Gasteiger charge is -2.12. The van der Waals surface area contributed by atoms with Crippen LogP contribution in [0.2, 0.25) is 5.02 Å². The molecule has 0 bridgehead atoms. The maximum Gasteiger partial charge on any atom is 0.328 e. The lowest BCUT2D eigenvalue weighted by Crippen LogP contribution is -2.27. The molecule has 1 N–H and O–H groups in total. The molecule has 1 unspecified atom stereocenters. The molecule has 82 valence electrons. The molecule has 0 saturated carbocycles. The van der Waals surface area contributed by atoms with Crippen LogP contribution in [0.25, 0.3) is 0 Å². The second-order valence-corrected chi connectivity index (χ2v) is 4.20. The van der Waals surface area contributed by atoms with E-state index in [4.69, 9.17) is 11.6 Å². The monoisotopic (exact) mass is 292 g/mol. The van der Waals surface area contributed by atoms with Crippen LogP contribution in [-0.4, -0.2) is 24.1 Å². The number of anilines is 1. The van der Waals surface area contributed by atoms with Gasteiger partial charge in [-0.05, 0) is 28.9 Å². The Balaban J connectivity index is 2.76. The summed E-state index contributed by atoms with van der Waals surface area (Å²) in [6.45, 7) is 1.67. The van der Waals surface area contributed by atoms with Crippen LogP contribution in [0.1, 0.15) is 6.92 Å². The van der Waals surface area contributed by atoms with Crippen molar-refractivity contribution in [1.82, 2.24) is 4.98 Å². The van der Waals surface area contributed by atoms with Crippen LogP contribution >= 0.6 is 27.5 Å². The minimum absolute atomic E-state index is 0.365. The number of esters is 1. The van der Waals surface area contributed by atoms with Crippen LogP contribution in [0, 0.1) is 0 Å². The summed E-state index contributed by atoms with van der Waals surface area (Å²) < 4.78 is 5.35. The van der Waals surface area contributed by atoms with Gasteiger partial charge in [0.2, 0.25) is 0 Å². The maximum absolute atomic E-state index is 11.1. The maximum atomic E-state index is 11.1. The average molecular weight is 294 g/mol. The zero-order chi connectivity index (χ0) is 11.4. The van der Waals surface area contributed by atoms with E-state index in [-0.39, 0.29) is 5.97 Å². The highest BCUT2D eigenvalue weighted by Crippen LogP contribution is 2.23. The van der Waals surface area contributed by atoms with Crippen molar-refractivity contribution in [3.63, 3.8) is 0 Å². The summed E-state index contributed by atoms with van der Waals surface area (Å²) in [6.07, 6.45) is 1.60. The van der Waals surface area contributed by atoms with Gasteiger partial charge in [0, 0.05) is 10.7 Å². The van der Waals surface area contributed by atoms with Gasteiger partial charge in [0.05, 0.1) is 12.1 Å². The number of carbonyl (C=O) groups is 1. The third-order valence-corrected chi connectivity index (χ3v) is 2.44. The minimum Gasteiger partial charge on any atom is -0.467 e. The first-order valence-corrected chi connectivity index (χ1v) is 5.37. The summed E-state index contributed by atoms with van der Waals surface area (Å²) in [5.74, 6) is 0.0913. The van der Waals surface area contributed by atoms with Gasteiger partial charge in [0.25, 0.3) is 0 Å². The van der Waals surface area contributed by atoms with Crippen molar-refractivity contribution in [3.05, 3.63) is 21.8 Å². The molecule has 4 nitrogen and oxygen atoms in total. The molecule has 0 aliphatic heterocycles. The number of nitrogens with one attached hydrogen (secondary N) is 1. The molecule has 0 aliphatic rings. The van der Waals surface area contributed by atoms with Gasteiger partial charge in [-0.15, -0.1) is 0 Å². The molecule has 0 radical (unpaired) electrons. The number of halogens is 2. The zero-order valence-corrected chi connectivity index (χ0v) is 10.6. The van der Waals surface area contributed by atoms with Gasteiger partial charge < -0.3 is 10.1 Å². The summed E-state index contributed by atoms with van der Waals surface area (Å²) in [5.41, 5.74) is 0. The second kappa shape index (κ2) is 5.32. The molecular weight excluding hydrogens is 283 g/mol. The van der Waals surface area contributed by atoms with E-state index in [0.717, 1.165) is 4.47 Å². The molecule has 1 heterocycles. The number of hydrogen-bond acceptors (Lipinski definition) is 4. The predicted molar refractivity (Wildman–Crippen MR) is 62.0 cm³/mol. The Hall–Kier alpha value is -0.810. The zero-order valence-electron chi connectivity index (χ0n) is 8.25. The molecule has 6 heteroatoms. The average Bonchev–Trinajstić information content (AvgIpc) is 2.20. The lowest BCUT2D eigenvalue weighted by atomic mass is 10.3. The number of methoxy groups -OCH3 is 1. The first-order chi connectivity index (χ1) is 7.04. The molecular formula is C9H10BrClN2O2. The Bertz CT molecular complexity index is 373. The molecule has 0 saturated heterocycles. The fourth-order valence-electron chi connectivity index (χ4n) is 0.962. The van der Waals surface area contributed by atoms with E-state index in [1.807, 2.05) is 0 Å². The molecule has 1 aromatic heterocycles. The number of pyridine rings is 1. The normalized spacial score (nSPS) is 12.0. The molecule has 1 atom stereocenters. The Morgan fingerprint density at radius 3 is 2.93 bits per heavy atom. The molecule has 15 heavy (non-hydrogen) atoms. The van der Waals surface area contributed by atoms with Crippen LogP contribution in [0.4, 0.5) is 5.82 Å². The number of rotatable bonds is 3. The van der Waals surface area contributed by atoms with Crippen LogP contribution in [-0.2, 0) is 9.53 Å². The van der Waals surface area contributed by atoms with E-state index in [1.165, 1.54) is 7.11 Å². The van der Waals surface area contributed by atoms with Gasteiger partial charge in [0.1, 0.15) is 11.9 Å². The Morgan fingerprint density at radius 1 is 1.73 bits per heavy atom. The quantitative estimate of drug-likeness (QED) is 0.870. The van der Waals surface area contributed by atoms with E-state index >= 15 is 0 Å². The van der Waals surface area contributed by atoms with Crippen LogP contribution in [0.15, 0.2) is 16.7 Å². The SMILES string of the molecule is COC(=O)C(C)Nc1ncc(Br)cc1Cl. The van der Waals surface area contributed by atoms with Crippen molar-refractivity contribution in [1.29, 1.82) is 0 Å². The molecule has 0 fully saturated rings. The van der Waals surface area contributed by atoms with Crippen molar-refractivity contribution in [3.8, 4) is 0 Å². The van der Waals surface area contributed by atoms with Crippen molar-refractivity contribution >= 4 is 39.3 Å². The largest absolute Gasteiger partial charge is 0.467 e. The number of ether oxygens (including phenoxy) is 1. The summed E-state index contributed by atoms with van der Waals surface area (Å²) in [5, 5.41) is 3.29. The fraction of sp³-hybridized carbons (Fsp3) is 0.333. The van der Waals surface area contributed by atoms with E-state index in [9.17, 15) is 4.79 Å². The van der Waals surface area contributed by atoms with Crippen molar-refractivity contribution in [2.75, 3.05) is 12.4 Å². The van der Waals surface area contributed by atoms with E-state index in [1.54, 1.807) is 19.2 Å². The minimum atomic E-state index is -0.485. The number of nitrogens with zero attached hydrogens (tertiary/aromatic N) is 1. The van der Waals surface area contributed by atoms with Gasteiger partial charge in [-0.25, -0.2) is 9.78 Å². The summed E-state index contributed by atoms with van der Waals surface area (Å²) in [6, 6.07) is 1.21. The molecule has 0 amide bonds. The van der Waals surface area contributed by atoms with Gasteiger partial charge >= 0.3 is 5.97 Å². The van der Waals surface area contributed by atoms with Crippen LogP contribution in [0.5, 0.6) is 0 Å². The number of hydrogen-bond donors (Lipinski definition) is 1.